The van der Waals surface area contributed by atoms with E-state index < -0.39 is 0 Å². The van der Waals surface area contributed by atoms with Crippen molar-refractivity contribution in [1.82, 2.24) is 10.7 Å². The summed E-state index contributed by atoms with van der Waals surface area (Å²) >= 11 is 0. The molecule has 0 unspecified atom stereocenters. The summed E-state index contributed by atoms with van der Waals surface area (Å²) in [6.45, 7) is 24.8. The molecule has 2 aliphatic heterocycles. The normalized spacial score (nSPS) is 11.2. The molecule has 2 aliphatic rings. The molecule has 0 radical (unpaired) electrons. The van der Waals surface area contributed by atoms with Crippen molar-refractivity contribution < 1.29 is 30.0 Å². The maximum atomic E-state index is 4.63. The third kappa shape index (κ3) is 71.1. The van der Waals surface area contributed by atoms with Crippen molar-refractivity contribution in [3.05, 3.63) is 48.4 Å². The summed E-state index contributed by atoms with van der Waals surface area (Å²) in [7, 11) is 5.36. The van der Waals surface area contributed by atoms with E-state index in [1.54, 1.807) is 14.2 Å². The predicted octanol–water partition coefficient (Wildman–Crippen LogP) is 9.89. The second-order valence-corrected chi connectivity index (χ2v) is 8.96. The molecule has 314 valence electrons. The summed E-state index contributed by atoms with van der Waals surface area (Å²) in [6.07, 6.45) is 17.8. The standard InChI is InChI=1S/C10H20N.C6H11N2.C4H10.2C3H9NO.2C2H6.6CH4.4CH3.H3N/c1-3-7-11(8-4-1)9-5-2-6-10-11;1-3-8-5-4-7(2)6-8;1-3-4-2;2*1-5-3-2-4;2*1-2;;;;;;;;;;;/h1-10H2;4-6H,3H2,1-2H3;3-4H2,1-2H3;2*2-4H2,1H3;2*1-2H3;6*1H4;5*1H3/q2*+1;;;;;;;;;;;;4*-1;/p+2. The van der Waals surface area contributed by atoms with Crippen LogP contribution < -0.4 is 22.2 Å². The number of hydrogen-bond acceptors (Lipinski definition) is 3. The van der Waals surface area contributed by atoms with Crippen LogP contribution in [-0.2, 0) is 23.1 Å². The molecule has 0 atom stereocenters. The molecule has 8 nitrogen and oxygen atoms in total. The van der Waals surface area contributed by atoms with E-state index in [9.17, 15) is 0 Å². The Bertz CT molecular complexity index is 460. The highest BCUT2D eigenvalue weighted by Gasteiger charge is 2.30. The average molecular weight is 709 g/mol. The van der Waals surface area contributed by atoms with Crippen LogP contribution in [0.5, 0.6) is 0 Å². The summed E-state index contributed by atoms with van der Waals surface area (Å²) in [6, 6.07) is 0. The minimum absolute atomic E-state index is 0. The minimum atomic E-state index is 0. The fourth-order valence-corrected chi connectivity index (χ4v) is 3.79. The number of rotatable bonds is 6. The van der Waals surface area contributed by atoms with Crippen molar-refractivity contribution in [3.8, 4) is 0 Å². The molecule has 1 aromatic heterocycles. The van der Waals surface area contributed by atoms with Gasteiger partial charge in [-0.3, -0.25) is 0 Å². The Morgan fingerprint density at radius 3 is 1.04 bits per heavy atom. The summed E-state index contributed by atoms with van der Waals surface area (Å²) in [5.41, 5.74) is 7.10. The lowest BCUT2D eigenvalue weighted by atomic mass is 10.0. The number of hydrogen-bond donors (Lipinski definition) is 3. The van der Waals surface area contributed by atoms with Crippen molar-refractivity contribution in [3.63, 3.8) is 0 Å². The molecule has 3 rings (SSSR count). The molecule has 0 aromatic carbocycles. The van der Waals surface area contributed by atoms with Gasteiger partial charge in [0.15, 0.2) is 0 Å². The lowest BCUT2D eigenvalue weighted by molar-refractivity contribution is -0.936. The summed E-state index contributed by atoms with van der Waals surface area (Å²) < 4.78 is 14.9. The molecule has 2 fully saturated rings. The van der Waals surface area contributed by atoms with E-state index >= 15 is 0 Å². The van der Waals surface area contributed by atoms with Crippen LogP contribution >= 0.6 is 0 Å². The zero-order valence-electron chi connectivity index (χ0n) is 32.0. The van der Waals surface area contributed by atoms with Crippen molar-refractivity contribution in [2.75, 3.05) is 66.7 Å². The number of imidazole rings is 1. The van der Waals surface area contributed by atoms with Gasteiger partial charge in [0.2, 0.25) is 6.33 Å². The fraction of sp³-hybridized carbons (Fsp3) is 0.825. The Labute approximate surface area is 313 Å². The van der Waals surface area contributed by atoms with Gasteiger partial charge in [0.1, 0.15) is 12.4 Å². The van der Waals surface area contributed by atoms with Crippen LogP contribution in [-0.4, -0.2) is 75.8 Å². The molecule has 8 heteroatoms. The van der Waals surface area contributed by atoms with Crippen LogP contribution in [0.15, 0.2) is 18.7 Å². The first-order valence-electron chi connectivity index (χ1n) is 15.4. The second-order valence-electron chi connectivity index (χ2n) is 8.96. The van der Waals surface area contributed by atoms with Crippen LogP contribution in [0.1, 0.15) is 144 Å². The lowest BCUT2D eigenvalue weighted by Gasteiger charge is -2.44. The van der Waals surface area contributed by atoms with Gasteiger partial charge in [-0.15, -0.1) is 0 Å². The first-order valence-corrected chi connectivity index (χ1v) is 15.4. The Kier molecular flexibility index (Phi) is 173. The number of aromatic nitrogens is 2. The topological polar surface area (TPSA) is 118 Å². The number of methoxy groups -OCH3 is 2. The van der Waals surface area contributed by atoms with Gasteiger partial charge in [-0.05, 0) is 45.4 Å². The van der Waals surface area contributed by atoms with Gasteiger partial charge < -0.3 is 61.3 Å². The van der Waals surface area contributed by atoms with Crippen molar-refractivity contribution >= 4 is 0 Å². The zero-order valence-corrected chi connectivity index (χ0v) is 32.0. The van der Waals surface area contributed by atoms with Gasteiger partial charge in [-0.1, -0.05) is 98.9 Å². The summed E-state index contributed by atoms with van der Waals surface area (Å²) in [5.74, 6) is 0. The van der Waals surface area contributed by atoms with E-state index in [1.165, 1.54) is 82.0 Å². The highest BCUT2D eigenvalue weighted by Crippen LogP contribution is 2.24. The molecule has 3 heterocycles. The van der Waals surface area contributed by atoms with Gasteiger partial charge in [0.25, 0.3) is 0 Å². The van der Waals surface area contributed by atoms with E-state index in [1.807, 2.05) is 45.5 Å². The SMILES string of the molecule is C.C.C.C.C.C.C1CC[N+]2(CC1)CCCCC2.CC.CC.CCCC.CCn1cc[n+](C)c1.COCC[NH3+].COCC[NH3+].N.[CH3-].[CH3-].[CH3-].[CH3-]. The Balaban J connectivity index is -0.0000000209. The third-order valence-electron chi connectivity index (χ3n) is 5.92. The van der Waals surface area contributed by atoms with E-state index in [0.717, 1.165) is 32.8 Å². The average Bonchev–Trinajstić information content (AvgIpc) is 3.39. The molecule has 0 saturated carbocycles. The Morgan fingerprint density at radius 1 is 0.625 bits per heavy atom. The quantitative estimate of drug-likeness (QED) is 0.155. The van der Waals surface area contributed by atoms with E-state index in [0.29, 0.717) is 0 Å². The van der Waals surface area contributed by atoms with Crippen molar-refractivity contribution in [2.24, 2.45) is 7.05 Å². The second kappa shape index (κ2) is 85.5. The summed E-state index contributed by atoms with van der Waals surface area (Å²) in [5, 5.41) is 0. The van der Waals surface area contributed by atoms with Crippen LogP contribution in [0.25, 0.3) is 0 Å². The van der Waals surface area contributed by atoms with E-state index in [-0.39, 0.29) is 80.4 Å². The molecule has 9 N–H and O–H groups in total. The predicted molar refractivity (Wildman–Crippen MR) is 232 cm³/mol. The molecule has 0 aliphatic carbocycles. The number of ether oxygens (including phenoxy) is 2. The van der Waals surface area contributed by atoms with Crippen LogP contribution in [0.3, 0.4) is 0 Å². The molecule has 2 saturated heterocycles. The van der Waals surface area contributed by atoms with Crippen molar-refractivity contribution in [2.45, 2.75) is 151 Å². The minimum Gasteiger partial charge on any atom is -0.379 e. The number of unbranched alkanes of at least 4 members (excludes halogenated alkanes) is 1. The lowest BCUT2D eigenvalue weighted by Crippen LogP contribution is -2.54. The van der Waals surface area contributed by atoms with Crippen molar-refractivity contribution in [1.29, 1.82) is 0 Å². The first kappa shape index (κ1) is 97.1. The number of aryl methyl sites for hydroxylation is 2. The van der Waals surface area contributed by atoms with Gasteiger partial charge in [-0.2, -0.15) is 0 Å². The molecule has 1 spiro atoms. The van der Waals surface area contributed by atoms with Crippen LogP contribution in [0.2, 0.25) is 0 Å². The zero-order chi connectivity index (χ0) is 29.2. The fourth-order valence-electron chi connectivity index (χ4n) is 3.79. The first-order chi connectivity index (χ1) is 18.0. The number of nitrogens with zero attached hydrogens (tertiary/aromatic N) is 3. The van der Waals surface area contributed by atoms with E-state index in [4.69, 9.17) is 0 Å². The molecule has 48 heavy (non-hydrogen) atoms. The van der Waals surface area contributed by atoms with Gasteiger partial charge in [0.05, 0.1) is 66.1 Å². The highest BCUT2D eigenvalue weighted by molar-refractivity contribution is 4.63. The van der Waals surface area contributed by atoms with Gasteiger partial charge in [-0.25, -0.2) is 9.13 Å². The maximum absolute atomic E-state index is 4.63. The van der Waals surface area contributed by atoms with Crippen LogP contribution in [0.4, 0.5) is 0 Å². The Hall–Kier alpha value is -1.03. The largest absolute Gasteiger partial charge is 0.379 e. The molecular formula is C40H112N6O2. The number of piperidine rings is 2. The molecular weight excluding hydrogens is 596 g/mol. The summed E-state index contributed by atoms with van der Waals surface area (Å²) in [4.78, 5) is 0. The van der Waals surface area contributed by atoms with Crippen LogP contribution in [0, 0.1) is 29.7 Å². The smallest absolute Gasteiger partial charge is 0.243 e. The van der Waals surface area contributed by atoms with Gasteiger partial charge >= 0.3 is 0 Å². The molecule has 0 amide bonds. The van der Waals surface area contributed by atoms with Gasteiger partial charge in [0, 0.05) is 14.2 Å². The third-order valence-corrected chi connectivity index (χ3v) is 5.92. The molecule has 0 bridgehead atoms. The maximum Gasteiger partial charge on any atom is 0.243 e. The number of quaternary nitrogens is 3. The molecule has 1 aromatic rings. The van der Waals surface area contributed by atoms with E-state index in [2.05, 4.69) is 58.8 Å². The Morgan fingerprint density at radius 2 is 0.917 bits per heavy atom. The highest BCUT2D eigenvalue weighted by atomic mass is 16.5. The monoisotopic (exact) mass is 709 g/mol.